The molecule has 0 fully saturated rings. The Labute approximate surface area is 146 Å². The van der Waals surface area contributed by atoms with Crippen molar-refractivity contribution >= 4 is 27.3 Å². The normalized spacial score (nSPS) is 12.3. The molecule has 2 aromatic carbocycles. The molecule has 2 aromatic rings. The van der Waals surface area contributed by atoms with E-state index in [4.69, 9.17) is 4.74 Å². The van der Waals surface area contributed by atoms with E-state index in [9.17, 15) is 17.6 Å². The maximum atomic E-state index is 13.5. The molecule has 0 aliphatic rings. The van der Waals surface area contributed by atoms with Crippen LogP contribution < -0.4 is 14.4 Å². The van der Waals surface area contributed by atoms with Crippen LogP contribution in [0.2, 0.25) is 0 Å². The van der Waals surface area contributed by atoms with Crippen LogP contribution >= 0.6 is 0 Å². The Kier molecular flexibility index (Phi) is 5.63. The zero-order valence-electron chi connectivity index (χ0n) is 14.1. The van der Waals surface area contributed by atoms with Gasteiger partial charge < -0.3 is 10.1 Å². The molecule has 6 nitrogen and oxygen atoms in total. The number of rotatable bonds is 6. The number of sulfonamides is 1. The predicted octanol–water partition coefficient (Wildman–Crippen LogP) is 2.63. The number of amides is 1. The molecule has 0 saturated carbocycles. The smallest absolute Gasteiger partial charge is 0.247 e. The first-order valence-electron chi connectivity index (χ1n) is 7.42. The molecule has 0 spiro atoms. The highest BCUT2D eigenvalue weighted by atomic mass is 32.2. The Balaban J connectivity index is 2.30. The number of nitrogens with zero attached hydrogens (tertiary/aromatic N) is 1. The van der Waals surface area contributed by atoms with E-state index >= 15 is 0 Å². The molecular formula is C17H19FN2O4S. The van der Waals surface area contributed by atoms with Gasteiger partial charge in [-0.15, -0.1) is 0 Å². The van der Waals surface area contributed by atoms with E-state index in [0.29, 0.717) is 11.4 Å². The van der Waals surface area contributed by atoms with Crippen molar-refractivity contribution in [2.45, 2.75) is 13.0 Å². The van der Waals surface area contributed by atoms with Gasteiger partial charge in [0.2, 0.25) is 15.9 Å². The van der Waals surface area contributed by atoms with Gasteiger partial charge in [-0.05, 0) is 37.3 Å². The van der Waals surface area contributed by atoms with E-state index in [-0.39, 0.29) is 5.69 Å². The lowest BCUT2D eigenvalue weighted by Crippen LogP contribution is -2.45. The summed E-state index contributed by atoms with van der Waals surface area (Å²) < 4.78 is 43.7. The molecule has 1 amide bonds. The van der Waals surface area contributed by atoms with E-state index in [0.717, 1.165) is 16.6 Å². The molecule has 0 aromatic heterocycles. The lowest BCUT2D eigenvalue weighted by molar-refractivity contribution is -0.116. The van der Waals surface area contributed by atoms with Gasteiger partial charge in [0, 0.05) is 11.8 Å². The van der Waals surface area contributed by atoms with Crippen molar-refractivity contribution in [1.29, 1.82) is 0 Å². The van der Waals surface area contributed by atoms with Crippen LogP contribution in [0.3, 0.4) is 0 Å². The number of hydrogen-bond acceptors (Lipinski definition) is 4. The largest absolute Gasteiger partial charge is 0.497 e. The van der Waals surface area contributed by atoms with Gasteiger partial charge in [-0.25, -0.2) is 12.8 Å². The van der Waals surface area contributed by atoms with Crippen molar-refractivity contribution in [3.05, 3.63) is 54.3 Å². The van der Waals surface area contributed by atoms with Crippen LogP contribution in [0.15, 0.2) is 48.5 Å². The summed E-state index contributed by atoms with van der Waals surface area (Å²) in [5, 5.41) is 2.63. The van der Waals surface area contributed by atoms with Crippen LogP contribution in [0.5, 0.6) is 5.75 Å². The van der Waals surface area contributed by atoms with Gasteiger partial charge in [0.1, 0.15) is 17.6 Å². The number of hydrogen-bond donors (Lipinski definition) is 1. The molecule has 0 heterocycles. The summed E-state index contributed by atoms with van der Waals surface area (Å²) in [7, 11) is -2.30. The molecule has 0 bridgehead atoms. The molecule has 0 aliphatic heterocycles. The maximum absolute atomic E-state index is 13.5. The van der Waals surface area contributed by atoms with Crippen molar-refractivity contribution in [3.63, 3.8) is 0 Å². The predicted molar refractivity (Wildman–Crippen MR) is 94.8 cm³/mol. The van der Waals surface area contributed by atoms with E-state index in [2.05, 4.69) is 5.32 Å². The number of carbonyl (C=O) groups excluding carboxylic acids is 1. The third-order valence-electron chi connectivity index (χ3n) is 3.49. The monoisotopic (exact) mass is 366 g/mol. The summed E-state index contributed by atoms with van der Waals surface area (Å²) in [6.45, 7) is 1.43. The fourth-order valence-electron chi connectivity index (χ4n) is 2.37. The van der Waals surface area contributed by atoms with Gasteiger partial charge in [-0.3, -0.25) is 9.10 Å². The Bertz CT molecular complexity index is 870. The van der Waals surface area contributed by atoms with Crippen molar-refractivity contribution in [2.75, 3.05) is 23.0 Å². The van der Waals surface area contributed by atoms with E-state index < -0.39 is 27.8 Å². The van der Waals surface area contributed by atoms with Gasteiger partial charge >= 0.3 is 0 Å². The number of nitrogens with one attached hydrogen (secondary N) is 1. The molecule has 0 saturated heterocycles. The summed E-state index contributed by atoms with van der Waals surface area (Å²) in [4.78, 5) is 12.5. The summed E-state index contributed by atoms with van der Waals surface area (Å²) >= 11 is 0. The van der Waals surface area contributed by atoms with Gasteiger partial charge in [-0.1, -0.05) is 12.1 Å². The van der Waals surface area contributed by atoms with E-state index in [1.807, 2.05) is 0 Å². The minimum atomic E-state index is -3.80. The number of ether oxygens (including phenoxy) is 1. The Morgan fingerprint density at radius 2 is 1.88 bits per heavy atom. The molecule has 0 aliphatic carbocycles. The number of halogens is 1. The zero-order valence-corrected chi connectivity index (χ0v) is 14.9. The van der Waals surface area contributed by atoms with Crippen molar-refractivity contribution in [1.82, 2.24) is 0 Å². The Morgan fingerprint density at radius 1 is 1.20 bits per heavy atom. The van der Waals surface area contributed by atoms with E-state index in [1.54, 1.807) is 24.3 Å². The number of carbonyl (C=O) groups is 1. The highest BCUT2D eigenvalue weighted by Gasteiger charge is 2.29. The highest BCUT2D eigenvalue weighted by Crippen LogP contribution is 2.23. The molecule has 8 heteroatoms. The average molecular weight is 366 g/mol. The molecule has 25 heavy (non-hydrogen) atoms. The first kappa shape index (κ1) is 18.7. The lowest BCUT2D eigenvalue weighted by Gasteiger charge is -2.28. The molecule has 134 valence electrons. The molecule has 2 rings (SSSR count). The summed E-state index contributed by atoms with van der Waals surface area (Å²) in [6, 6.07) is 10.7. The second-order valence-electron chi connectivity index (χ2n) is 5.44. The van der Waals surface area contributed by atoms with Crippen LogP contribution in [-0.2, 0) is 14.8 Å². The third-order valence-corrected chi connectivity index (χ3v) is 4.73. The third kappa shape index (κ3) is 4.69. The van der Waals surface area contributed by atoms with Gasteiger partial charge in [-0.2, -0.15) is 0 Å². The van der Waals surface area contributed by atoms with Crippen molar-refractivity contribution in [2.24, 2.45) is 0 Å². The summed E-state index contributed by atoms with van der Waals surface area (Å²) in [6.07, 6.45) is 0.966. The van der Waals surface area contributed by atoms with Gasteiger partial charge in [0.15, 0.2) is 0 Å². The second-order valence-corrected chi connectivity index (χ2v) is 7.30. The SMILES string of the molecule is COc1cccc(NC(=O)[C@@H](C)N(c2cccc(F)c2)S(C)(=O)=O)c1. The average Bonchev–Trinajstić information content (AvgIpc) is 2.53. The second kappa shape index (κ2) is 7.52. The topological polar surface area (TPSA) is 75.7 Å². The first-order valence-corrected chi connectivity index (χ1v) is 9.27. The van der Waals surface area contributed by atoms with Gasteiger partial charge in [0.25, 0.3) is 0 Å². The van der Waals surface area contributed by atoms with Crippen molar-refractivity contribution < 1.29 is 22.3 Å². The van der Waals surface area contributed by atoms with Crippen LogP contribution in [0.4, 0.5) is 15.8 Å². The summed E-state index contributed by atoms with van der Waals surface area (Å²) in [5.74, 6) is -0.593. The molecule has 1 N–H and O–H groups in total. The van der Waals surface area contributed by atoms with Crippen LogP contribution in [0.1, 0.15) is 6.92 Å². The first-order chi connectivity index (χ1) is 11.7. The Morgan fingerprint density at radius 3 is 2.48 bits per heavy atom. The molecule has 0 radical (unpaired) electrons. The zero-order chi connectivity index (χ0) is 18.6. The summed E-state index contributed by atoms with van der Waals surface area (Å²) in [5.41, 5.74) is 0.541. The quantitative estimate of drug-likeness (QED) is 0.853. The van der Waals surface area contributed by atoms with E-state index in [1.165, 1.54) is 32.2 Å². The van der Waals surface area contributed by atoms with Crippen LogP contribution in [0, 0.1) is 5.82 Å². The minimum Gasteiger partial charge on any atom is -0.497 e. The highest BCUT2D eigenvalue weighted by molar-refractivity contribution is 7.92. The maximum Gasteiger partial charge on any atom is 0.247 e. The number of benzene rings is 2. The Hall–Kier alpha value is -2.61. The standard InChI is InChI=1S/C17H19FN2O4S/c1-12(17(21)19-14-7-5-9-16(11-14)24-2)20(25(3,22)23)15-8-4-6-13(18)10-15/h4-12H,1-3H3,(H,19,21)/t12-/m1/s1. The number of methoxy groups -OCH3 is 1. The number of anilines is 2. The fraction of sp³-hybridized carbons (Fsp3) is 0.235. The molecule has 1 atom stereocenters. The lowest BCUT2D eigenvalue weighted by atomic mass is 10.2. The van der Waals surface area contributed by atoms with Crippen LogP contribution in [0.25, 0.3) is 0 Å². The van der Waals surface area contributed by atoms with Crippen molar-refractivity contribution in [3.8, 4) is 5.75 Å². The minimum absolute atomic E-state index is 0.0794. The molecule has 0 unspecified atom stereocenters. The van der Waals surface area contributed by atoms with Gasteiger partial charge in [0.05, 0.1) is 19.1 Å². The van der Waals surface area contributed by atoms with Crippen LogP contribution in [-0.4, -0.2) is 33.7 Å². The fourth-order valence-corrected chi connectivity index (χ4v) is 3.54. The molecular weight excluding hydrogens is 347 g/mol.